The number of aromatic nitrogens is 1. The predicted molar refractivity (Wildman–Crippen MR) is 98.0 cm³/mol. The molecule has 0 spiro atoms. The van der Waals surface area contributed by atoms with Crippen LogP contribution in [0.2, 0.25) is 0 Å². The number of nitrogens with two attached hydrogens (primary N) is 1. The van der Waals surface area contributed by atoms with E-state index in [0.29, 0.717) is 12.1 Å². The molecule has 1 amide bonds. The van der Waals surface area contributed by atoms with Gasteiger partial charge in [0, 0.05) is 41.4 Å². The van der Waals surface area contributed by atoms with Gasteiger partial charge in [-0.3, -0.25) is 4.79 Å². The van der Waals surface area contributed by atoms with Gasteiger partial charge in [-0.1, -0.05) is 18.2 Å². The molecule has 5 nitrogen and oxygen atoms in total. The number of nitrogens with one attached hydrogen (secondary N) is 2. The first-order chi connectivity index (χ1) is 11.5. The van der Waals surface area contributed by atoms with Crippen molar-refractivity contribution in [1.29, 1.82) is 0 Å². The number of carbonyl (C=O) groups is 1. The number of carbonyl (C=O) groups excluding carboxylic acids is 1. The summed E-state index contributed by atoms with van der Waals surface area (Å²) in [6, 6.07) is 13.8. The molecule has 0 atom stereocenters. The van der Waals surface area contributed by atoms with Gasteiger partial charge < -0.3 is 20.9 Å². The van der Waals surface area contributed by atoms with Gasteiger partial charge in [-0.2, -0.15) is 0 Å². The second-order valence-corrected chi connectivity index (χ2v) is 6.18. The maximum atomic E-state index is 11.5. The molecule has 5 heteroatoms. The van der Waals surface area contributed by atoms with Gasteiger partial charge in [-0.15, -0.1) is 0 Å². The second kappa shape index (κ2) is 6.76. The number of rotatable bonds is 6. The number of H-pyrrole nitrogens is 1. The van der Waals surface area contributed by atoms with Gasteiger partial charge in [0.05, 0.1) is 0 Å². The van der Waals surface area contributed by atoms with E-state index < -0.39 is 5.91 Å². The minimum absolute atomic E-state index is 0.415. The Kier molecular flexibility index (Phi) is 4.53. The fourth-order valence-electron chi connectivity index (χ4n) is 2.87. The fraction of sp³-hybridized carbons (Fsp3) is 0.211. The van der Waals surface area contributed by atoms with Crippen LogP contribution in [-0.2, 0) is 13.1 Å². The van der Waals surface area contributed by atoms with Crippen LogP contribution in [0, 0.1) is 0 Å². The van der Waals surface area contributed by atoms with Gasteiger partial charge in [-0.05, 0) is 49.5 Å². The number of hydrogen-bond donors (Lipinski definition) is 3. The lowest BCUT2D eigenvalue weighted by Crippen LogP contribution is -2.15. The van der Waals surface area contributed by atoms with Crippen molar-refractivity contribution >= 4 is 22.5 Å². The largest absolute Gasteiger partial charge is 0.381 e. The van der Waals surface area contributed by atoms with E-state index in [1.165, 1.54) is 10.9 Å². The van der Waals surface area contributed by atoms with Crippen molar-refractivity contribution in [3.8, 4) is 0 Å². The minimum atomic E-state index is -0.415. The lowest BCUT2D eigenvalue weighted by molar-refractivity contribution is 0.100. The molecule has 2 aromatic carbocycles. The SMILES string of the molecule is CN(C)Cc1ccc(C(N)=O)cc1NCc1cccc2[nH]ccc12. The quantitative estimate of drug-likeness (QED) is 0.653. The minimum Gasteiger partial charge on any atom is -0.381 e. The molecule has 0 bridgehead atoms. The van der Waals surface area contributed by atoms with Crippen molar-refractivity contribution in [1.82, 2.24) is 9.88 Å². The summed E-state index contributed by atoms with van der Waals surface area (Å²) in [7, 11) is 4.04. The summed E-state index contributed by atoms with van der Waals surface area (Å²) in [6.07, 6.45) is 1.94. The summed E-state index contributed by atoms with van der Waals surface area (Å²) in [5.41, 5.74) is 10.3. The highest BCUT2D eigenvalue weighted by molar-refractivity contribution is 5.94. The average molecular weight is 322 g/mol. The molecule has 0 aliphatic rings. The van der Waals surface area contributed by atoms with Crippen LogP contribution in [0.25, 0.3) is 10.9 Å². The Bertz CT molecular complexity index is 867. The smallest absolute Gasteiger partial charge is 0.248 e. The van der Waals surface area contributed by atoms with Crippen LogP contribution in [0.15, 0.2) is 48.7 Å². The molecule has 0 saturated carbocycles. The third kappa shape index (κ3) is 3.41. The Balaban J connectivity index is 1.88. The van der Waals surface area contributed by atoms with Gasteiger partial charge in [0.2, 0.25) is 5.91 Å². The van der Waals surface area contributed by atoms with Crippen LogP contribution in [0.3, 0.4) is 0 Å². The summed E-state index contributed by atoms with van der Waals surface area (Å²) in [4.78, 5) is 16.8. The summed E-state index contributed by atoms with van der Waals surface area (Å²) in [5, 5.41) is 4.66. The van der Waals surface area contributed by atoms with Crippen molar-refractivity contribution in [3.63, 3.8) is 0 Å². The molecular formula is C19H22N4O. The van der Waals surface area contributed by atoms with E-state index in [1.54, 1.807) is 6.07 Å². The van der Waals surface area contributed by atoms with Gasteiger partial charge in [0.15, 0.2) is 0 Å². The summed E-state index contributed by atoms with van der Waals surface area (Å²) >= 11 is 0. The number of hydrogen-bond acceptors (Lipinski definition) is 3. The molecule has 24 heavy (non-hydrogen) atoms. The topological polar surface area (TPSA) is 74.2 Å². The number of benzene rings is 2. The molecule has 1 aromatic heterocycles. The van der Waals surface area contributed by atoms with E-state index in [9.17, 15) is 4.79 Å². The van der Waals surface area contributed by atoms with Crippen molar-refractivity contribution in [3.05, 3.63) is 65.4 Å². The predicted octanol–water partition coefficient (Wildman–Crippen LogP) is 2.94. The zero-order chi connectivity index (χ0) is 17.1. The highest BCUT2D eigenvalue weighted by Crippen LogP contribution is 2.22. The van der Waals surface area contributed by atoms with Crippen LogP contribution in [0.5, 0.6) is 0 Å². The molecule has 0 aliphatic heterocycles. The Morgan fingerprint density at radius 3 is 2.75 bits per heavy atom. The molecule has 0 saturated heterocycles. The molecule has 0 fully saturated rings. The molecule has 1 heterocycles. The Labute approximate surface area is 141 Å². The van der Waals surface area contributed by atoms with E-state index in [1.807, 2.05) is 38.5 Å². The lowest BCUT2D eigenvalue weighted by atomic mass is 10.1. The Morgan fingerprint density at radius 2 is 2.00 bits per heavy atom. The highest BCUT2D eigenvalue weighted by atomic mass is 16.1. The number of nitrogens with zero attached hydrogens (tertiary/aromatic N) is 1. The molecule has 0 radical (unpaired) electrons. The number of aromatic amines is 1. The highest BCUT2D eigenvalue weighted by Gasteiger charge is 2.09. The van der Waals surface area contributed by atoms with E-state index in [0.717, 1.165) is 23.3 Å². The molecule has 4 N–H and O–H groups in total. The fourth-order valence-corrected chi connectivity index (χ4v) is 2.87. The monoisotopic (exact) mass is 322 g/mol. The van der Waals surface area contributed by atoms with Crippen molar-refractivity contribution in [2.75, 3.05) is 19.4 Å². The van der Waals surface area contributed by atoms with E-state index >= 15 is 0 Å². The zero-order valence-electron chi connectivity index (χ0n) is 14.0. The summed E-state index contributed by atoms with van der Waals surface area (Å²) in [6.45, 7) is 1.47. The Hall–Kier alpha value is -2.79. The van der Waals surface area contributed by atoms with E-state index in [4.69, 9.17) is 5.73 Å². The van der Waals surface area contributed by atoms with Crippen LogP contribution < -0.4 is 11.1 Å². The number of anilines is 1. The second-order valence-electron chi connectivity index (χ2n) is 6.18. The zero-order valence-corrected chi connectivity index (χ0v) is 14.0. The first-order valence-electron chi connectivity index (χ1n) is 7.91. The van der Waals surface area contributed by atoms with E-state index in [2.05, 4.69) is 33.4 Å². The van der Waals surface area contributed by atoms with Crippen LogP contribution in [-0.4, -0.2) is 29.9 Å². The molecule has 0 unspecified atom stereocenters. The molecular weight excluding hydrogens is 300 g/mol. The maximum absolute atomic E-state index is 11.5. The summed E-state index contributed by atoms with van der Waals surface area (Å²) < 4.78 is 0. The number of fused-ring (bicyclic) bond motifs is 1. The standard InChI is InChI=1S/C19H22N4O/c1-23(2)12-15-7-6-13(19(20)24)10-18(15)22-11-14-4-3-5-17-16(14)8-9-21-17/h3-10,21-22H,11-12H2,1-2H3,(H2,20,24). The first kappa shape index (κ1) is 16.1. The average Bonchev–Trinajstić information content (AvgIpc) is 3.02. The third-order valence-electron chi connectivity index (χ3n) is 4.04. The van der Waals surface area contributed by atoms with Crippen molar-refractivity contribution in [2.45, 2.75) is 13.1 Å². The van der Waals surface area contributed by atoms with Gasteiger partial charge in [0.25, 0.3) is 0 Å². The van der Waals surface area contributed by atoms with Crippen molar-refractivity contribution in [2.24, 2.45) is 5.73 Å². The first-order valence-corrected chi connectivity index (χ1v) is 7.91. The van der Waals surface area contributed by atoms with Crippen LogP contribution in [0.1, 0.15) is 21.5 Å². The molecule has 3 aromatic rings. The van der Waals surface area contributed by atoms with Gasteiger partial charge in [0.1, 0.15) is 0 Å². The Morgan fingerprint density at radius 1 is 1.17 bits per heavy atom. The van der Waals surface area contributed by atoms with Crippen molar-refractivity contribution < 1.29 is 4.79 Å². The van der Waals surface area contributed by atoms with E-state index in [-0.39, 0.29) is 0 Å². The summed E-state index contributed by atoms with van der Waals surface area (Å²) in [5.74, 6) is -0.415. The maximum Gasteiger partial charge on any atom is 0.248 e. The number of primary amides is 1. The molecule has 124 valence electrons. The normalized spacial score (nSPS) is 11.1. The van der Waals surface area contributed by atoms with Gasteiger partial charge in [-0.25, -0.2) is 0 Å². The molecule has 0 aliphatic carbocycles. The van der Waals surface area contributed by atoms with Crippen LogP contribution in [0.4, 0.5) is 5.69 Å². The lowest BCUT2D eigenvalue weighted by Gasteiger charge is -2.17. The molecule has 3 rings (SSSR count). The van der Waals surface area contributed by atoms with Crippen LogP contribution >= 0.6 is 0 Å². The van der Waals surface area contributed by atoms with Gasteiger partial charge >= 0.3 is 0 Å². The third-order valence-corrected chi connectivity index (χ3v) is 4.04. The number of amides is 1.